The van der Waals surface area contributed by atoms with Crippen LogP contribution in [0.25, 0.3) is 0 Å². The maximum atomic E-state index is 10.6. The Morgan fingerprint density at radius 3 is 2.56 bits per heavy atom. The highest BCUT2D eigenvalue weighted by Gasteiger charge is 2.01. The van der Waals surface area contributed by atoms with Crippen LogP contribution in [-0.2, 0) is 11.0 Å². The van der Waals surface area contributed by atoms with E-state index in [1.54, 1.807) is 7.11 Å². The number of rotatable bonds is 7. The van der Waals surface area contributed by atoms with Crippen molar-refractivity contribution in [1.82, 2.24) is 0 Å². The van der Waals surface area contributed by atoms with Gasteiger partial charge in [0.2, 0.25) is 0 Å². The van der Waals surface area contributed by atoms with Gasteiger partial charge in [-0.1, -0.05) is 12.1 Å². The molecule has 16 heavy (non-hydrogen) atoms. The summed E-state index contributed by atoms with van der Waals surface area (Å²) in [5, 5.41) is 5.14. The Morgan fingerprint density at radius 1 is 1.25 bits per heavy atom. The summed E-state index contributed by atoms with van der Waals surface area (Å²) in [5.74, 6) is 1.98. The first-order valence-electron chi connectivity index (χ1n) is 5.12. The lowest BCUT2D eigenvalue weighted by Crippen LogP contribution is -2.08. The highest BCUT2D eigenvalue weighted by atomic mass is 32.2. The molecule has 0 fully saturated rings. The van der Waals surface area contributed by atoms with Gasteiger partial charge in [0.1, 0.15) is 0 Å². The van der Waals surface area contributed by atoms with Crippen LogP contribution in [0.5, 0.6) is 11.5 Å². The lowest BCUT2D eigenvalue weighted by atomic mass is 10.3. The van der Waals surface area contributed by atoms with Gasteiger partial charge in [-0.2, -0.15) is 0 Å². The maximum Gasteiger partial charge on any atom is 0.161 e. The van der Waals surface area contributed by atoms with Crippen LogP contribution in [0.15, 0.2) is 24.3 Å². The normalized spacial score (nSPS) is 12.1. The summed E-state index contributed by atoms with van der Waals surface area (Å²) < 4.78 is 21.3. The molecule has 0 spiro atoms. The van der Waals surface area contributed by atoms with Crippen LogP contribution in [0.3, 0.4) is 0 Å². The third kappa shape index (κ3) is 4.63. The predicted octanol–water partition coefficient (Wildman–Crippen LogP) is 1.48. The number of hydrogen-bond donors (Lipinski definition) is 1. The zero-order valence-corrected chi connectivity index (χ0v) is 10.2. The molecule has 0 aromatic heterocycles. The third-order valence-electron chi connectivity index (χ3n) is 2.07. The van der Waals surface area contributed by atoms with E-state index in [1.165, 1.54) is 0 Å². The van der Waals surface area contributed by atoms with E-state index in [0.29, 0.717) is 12.4 Å². The largest absolute Gasteiger partial charge is 0.493 e. The van der Waals surface area contributed by atoms with Crippen molar-refractivity contribution in [3.8, 4) is 11.5 Å². The van der Waals surface area contributed by atoms with Crippen LogP contribution in [0.1, 0.15) is 12.8 Å². The highest BCUT2D eigenvalue weighted by Crippen LogP contribution is 2.25. The first kappa shape index (κ1) is 13.0. The summed E-state index contributed by atoms with van der Waals surface area (Å²) in [6.45, 7) is 0.581. The quantitative estimate of drug-likeness (QED) is 0.738. The van der Waals surface area contributed by atoms with Crippen molar-refractivity contribution < 1.29 is 13.7 Å². The fraction of sp³-hybridized carbons (Fsp3) is 0.455. The molecule has 0 saturated heterocycles. The minimum atomic E-state index is -1.20. The SMILES string of the molecule is COc1ccccc1OCCCCS(N)=O. The number of nitrogens with two attached hydrogens (primary N) is 1. The molecule has 1 unspecified atom stereocenters. The molecule has 0 amide bonds. The molecule has 5 heteroatoms. The molecule has 0 saturated carbocycles. The van der Waals surface area contributed by atoms with Crippen molar-refractivity contribution in [3.63, 3.8) is 0 Å². The topological polar surface area (TPSA) is 61.6 Å². The Morgan fingerprint density at radius 2 is 1.94 bits per heavy atom. The molecule has 0 radical (unpaired) electrons. The van der Waals surface area contributed by atoms with Crippen molar-refractivity contribution in [2.45, 2.75) is 12.8 Å². The number of ether oxygens (including phenoxy) is 2. The monoisotopic (exact) mass is 243 g/mol. The molecule has 1 atom stereocenters. The maximum absolute atomic E-state index is 10.6. The van der Waals surface area contributed by atoms with Gasteiger partial charge >= 0.3 is 0 Å². The Bertz CT molecular complexity index is 344. The van der Waals surface area contributed by atoms with Crippen LogP contribution in [-0.4, -0.2) is 23.7 Å². The second-order valence-corrected chi connectivity index (χ2v) is 4.46. The van der Waals surface area contributed by atoms with Crippen molar-refractivity contribution >= 4 is 11.0 Å². The van der Waals surface area contributed by atoms with Gasteiger partial charge in [0.15, 0.2) is 11.5 Å². The third-order valence-corrected chi connectivity index (χ3v) is 2.76. The molecule has 1 aromatic rings. The van der Waals surface area contributed by atoms with Gasteiger partial charge in [-0.15, -0.1) is 0 Å². The van der Waals surface area contributed by atoms with Crippen molar-refractivity contribution in [2.75, 3.05) is 19.5 Å². The molecule has 0 aliphatic heterocycles. The van der Waals surface area contributed by atoms with Gasteiger partial charge < -0.3 is 9.47 Å². The number of methoxy groups -OCH3 is 1. The van der Waals surface area contributed by atoms with E-state index in [9.17, 15) is 4.21 Å². The van der Waals surface area contributed by atoms with Crippen LogP contribution >= 0.6 is 0 Å². The first-order chi connectivity index (χ1) is 7.74. The van der Waals surface area contributed by atoms with E-state index >= 15 is 0 Å². The average molecular weight is 243 g/mol. The summed E-state index contributed by atoms with van der Waals surface area (Å²) in [5.41, 5.74) is 0. The van der Waals surface area contributed by atoms with Crippen LogP contribution in [0, 0.1) is 0 Å². The van der Waals surface area contributed by atoms with E-state index in [0.717, 1.165) is 24.3 Å². The zero-order valence-electron chi connectivity index (χ0n) is 9.35. The number of hydrogen-bond acceptors (Lipinski definition) is 3. The smallest absolute Gasteiger partial charge is 0.161 e. The van der Waals surface area contributed by atoms with Crippen LogP contribution < -0.4 is 14.6 Å². The summed E-state index contributed by atoms with van der Waals surface area (Å²) in [6, 6.07) is 7.50. The lowest BCUT2D eigenvalue weighted by Gasteiger charge is -2.09. The number of benzene rings is 1. The summed E-state index contributed by atoms with van der Waals surface area (Å²) in [6.07, 6.45) is 1.64. The number of para-hydroxylation sites is 2. The Labute approximate surface area is 98.3 Å². The van der Waals surface area contributed by atoms with E-state index in [-0.39, 0.29) is 0 Å². The van der Waals surface area contributed by atoms with E-state index in [1.807, 2.05) is 24.3 Å². The molecule has 2 N–H and O–H groups in total. The molecule has 1 aromatic carbocycles. The van der Waals surface area contributed by atoms with Gasteiger partial charge in [0.25, 0.3) is 0 Å². The van der Waals surface area contributed by atoms with Gasteiger partial charge in [0, 0.05) is 5.75 Å². The fourth-order valence-electron chi connectivity index (χ4n) is 1.27. The molecule has 4 nitrogen and oxygen atoms in total. The summed E-state index contributed by atoms with van der Waals surface area (Å²) in [7, 11) is 0.411. The van der Waals surface area contributed by atoms with Gasteiger partial charge in [-0.25, -0.2) is 4.21 Å². The zero-order chi connectivity index (χ0) is 11.8. The molecule has 1 rings (SSSR count). The van der Waals surface area contributed by atoms with E-state index in [2.05, 4.69) is 0 Å². The second-order valence-electron chi connectivity index (χ2n) is 3.29. The molecule has 0 heterocycles. The van der Waals surface area contributed by atoms with E-state index < -0.39 is 11.0 Å². The van der Waals surface area contributed by atoms with Crippen molar-refractivity contribution in [2.24, 2.45) is 5.14 Å². The van der Waals surface area contributed by atoms with Gasteiger partial charge in [-0.3, -0.25) is 5.14 Å². The minimum absolute atomic E-state index is 0.523. The van der Waals surface area contributed by atoms with Crippen molar-refractivity contribution in [1.29, 1.82) is 0 Å². The lowest BCUT2D eigenvalue weighted by molar-refractivity contribution is 0.288. The van der Waals surface area contributed by atoms with Crippen molar-refractivity contribution in [3.05, 3.63) is 24.3 Å². The predicted molar refractivity (Wildman–Crippen MR) is 64.9 cm³/mol. The molecule has 0 bridgehead atoms. The summed E-state index contributed by atoms with van der Waals surface area (Å²) >= 11 is 0. The second kappa shape index (κ2) is 7.24. The van der Waals surface area contributed by atoms with E-state index in [4.69, 9.17) is 14.6 Å². The molecular weight excluding hydrogens is 226 g/mol. The first-order valence-corrected chi connectivity index (χ1v) is 6.51. The Kier molecular flexibility index (Phi) is 5.88. The highest BCUT2D eigenvalue weighted by molar-refractivity contribution is 7.82. The molecule has 0 aliphatic rings. The van der Waals surface area contributed by atoms with Gasteiger partial charge in [0.05, 0.1) is 24.7 Å². The Hall–Kier alpha value is -1.07. The Balaban J connectivity index is 2.28. The van der Waals surface area contributed by atoms with Gasteiger partial charge in [-0.05, 0) is 25.0 Å². The molecular formula is C11H17NO3S. The standard InChI is InChI=1S/C11H17NO3S/c1-14-10-6-2-3-7-11(10)15-8-4-5-9-16(12)13/h2-3,6-7H,4-5,8-9,12H2,1H3. The molecule has 90 valence electrons. The number of unbranched alkanes of at least 4 members (excludes halogenated alkanes) is 1. The van der Waals surface area contributed by atoms with Crippen LogP contribution in [0.4, 0.5) is 0 Å². The van der Waals surface area contributed by atoms with Crippen LogP contribution in [0.2, 0.25) is 0 Å². The summed E-state index contributed by atoms with van der Waals surface area (Å²) in [4.78, 5) is 0. The minimum Gasteiger partial charge on any atom is -0.493 e. The fourth-order valence-corrected chi connectivity index (χ4v) is 1.76. The average Bonchev–Trinajstić information content (AvgIpc) is 2.29. The molecule has 0 aliphatic carbocycles.